The second-order valence-electron chi connectivity index (χ2n) is 6.55. The molecule has 5 nitrogen and oxygen atoms in total. The fourth-order valence-electron chi connectivity index (χ4n) is 2.65. The number of carbonyl (C=O) groups excluding carboxylic acids is 1. The normalized spacial score (nSPS) is 17.6. The Morgan fingerprint density at radius 2 is 2.17 bits per heavy atom. The molecule has 1 atom stereocenters. The average Bonchev–Trinajstić information content (AvgIpc) is 3.02. The molecule has 1 N–H and O–H groups in total. The lowest BCUT2D eigenvalue weighted by molar-refractivity contribution is 0.0440. The Bertz CT molecular complexity index is 519. The lowest BCUT2D eigenvalue weighted by Crippen LogP contribution is -2.34. The van der Waals surface area contributed by atoms with Gasteiger partial charge >= 0.3 is 6.03 Å². The van der Waals surface area contributed by atoms with Gasteiger partial charge in [-0.25, -0.2) is 4.79 Å². The first kappa shape index (κ1) is 17.6. The summed E-state index contributed by atoms with van der Waals surface area (Å²) < 4.78 is 5.84. The molecular weight excluding hydrogens is 290 g/mol. The monoisotopic (exact) mass is 319 g/mol. The zero-order valence-corrected chi connectivity index (χ0v) is 14.7. The van der Waals surface area contributed by atoms with Crippen LogP contribution in [0.25, 0.3) is 0 Å². The van der Waals surface area contributed by atoms with Gasteiger partial charge < -0.3 is 19.9 Å². The minimum Gasteiger partial charge on any atom is -0.376 e. The van der Waals surface area contributed by atoms with Gasteiger partial charge in [-0.3, -0.25) is 0 Å². The van der Waals surface area contributed by atoms with Gasteiger partial charge in [-0.05, 0) is 31.4 Å². The van der Waals surface area contributed by atoms with Crippen molar-refractivity contribution < 1.29 is 9.53 Å². The zero-order valence-electron chi connectivity index (χ0n) is 14.7. The number of benzene rings is 1. The van der Waals surface area contributed by atoms with Crippen LogP contribution in [0.2, 0.25) is 0 Å². The molecule has 0 saturated carbocycles. The van der Waals surface area contributed by atoms with Gasteiger partial charge in [0.15, 0.2) is 0 Å². The number of para-hydroxylation sites is 2. The second kappa shape index (κ2) is 8.20. The van der Waals surface area contributed by atoms with Crippen LogP contribution in [0.4, 0.5) is 16.2 Å². The molecule has 1 saturated heterocycles. The van der Waals surface area contributed by atoms with Gasteiger partial charge in [0.25, 0.3) is 0 Å². The molecule has 2 amide bonds. The van der Waals surface area contributed by atoms with Crippen molar-refractivity contribution in [2.45, 2.75) is 33.3 Å². The number of carbonyl (C=O) groups is 1. The summed E-state index contributed by atoms with van der Waals surface area (Å²) in [5.74, 6) is 0.523. The number of hydrogen-bond acceptors (Lipinski definition) is 3. The Morgan fingerprint density at radius 3 is 2.87 bits per heavy atom. The number of hydrogen-bond donors (Lipinski definition) is 1. The van der Waals surface area contributed by atoms with Crippen LogP contribution in [-0.2, 0) is 4.74 Å². The lowest BCUT2D eigenvalue weighted by Gasteiger charge is -2.23. The summed E-state index contributed by atoms with van der Waals surface area (Å²) in [4.78, 5) is 16.5. The lowest BCUT2D eigenvalue weighted by atomic mass is 10.2. The van der Waals surface area contributed by atoms with E-state index in [0.29, 0.717) is 12.5 Å². The van der Waals surface area contributed by atoms with Crippen LogP contribution in [-0.4, -0.2) is 50.3 Å². The van der Waals surface area contributed by atoms with E-state index in [1.165, 1.54) is 0 Å². The van der Waals surface area contributed by atoms with Gasteiger partial charge in [0.2, 0.25) is 0 Å². The van der Waals surface area contributed by atoms with Crippen LogP contribution in [0.3, 0.4) is 0 Å². The molecule has 1 aromatic rings. The van der Waals surface area contributed by atoms with E-state index in [0.717, 1.165) is 37.5 Å². The van der Waals surface area contributed by atoms with E-state index in [4.69, 9.17) is 4.74 Å². The van der Waals surface area contributed by atoms with Gasteiger partial charge in [-0.1, -0.05) is 26.0 Å². The molecule has 0 aliphatic carbocycles. The maximum absolute atomic E-state index is 12.5. The smallest absolute Gasteiger partial charge is 0.321 e. The molecule has 23 heavy (non-hydrogen) atoms. The van der Waals surface area contributed by atoms with Gasteiger partial charge in [0, 0.05) is 33.3 Å². The molecule has 0 radical (unpaired) electrons. The summed E-state index contributed by atoms with van der Waals surface area (Å²) in [6.07, 6.45) is 1.08. The molecule has 0 bridgehead atoms. The van der Waals surface area contributed by atoms with Crippen molar-refractivity contribution in [3.63, 3.8) is 0 Å². The number of urea groups is 1. The van der Waals surface area contributed by atoms with E-state index in [2.05, 4.69) is 31.0 Å². The zero-order chi connectivity index (χ0) is 16.8. The fourth-order valence-corrected chi connectivity index (χ4v) is 2.65. The molecule has 1 aliphatic heterocycles. The largest absolute Gasteiger partial charge is 0.376 e. The van der Waals surface area contributed by atoms with Crippen molar-refractivity contribution in [1.29, 1.82) is 0 Å². The number of amides is 2. The van der Waals surface area contributed by atoms with Crippen LogP contribution < -0.4 is 10.2 Å². The van der Waals surface area contributed by atoms with E-state index in [1.54, 1.807) is 0 Å². The number of nitrogens with zero attached hydrogens (tertiary/aromatic N) is 2. The van der Waals surface area contributed by atoms with Crippen LogP contribution in [0.1, 0.15) is 27.2 Å². The standard InChI is InChI=1S/C18H29N3O2/c1-5-20(4)17-9-7-6-8-16(17)19-18(22)21-11-10-15(12-21)23-13-14(2)3/h6-9,14-15H,5,10-13H2,1-4H3,(H,19,22)/t15-/m1/s1. The van der Waals surface area contributed by atoms with Gasteiger partial charge in [0.1, 0.15) is 0 Å². The van der Waals surface area contributed by atoms with Gasteiger partial charge in [-0.2, -0.15) is 0 Å². The van der Waals surface area contributed by atoms with Crippen molar-refractivity contribution in [2.24, 2.45) is 5.92 Å². The Morgan fingerprint density at radius 1 is 1.43 bits per heavy atom. The molecule has 0 unspecified atom stereocenters. The summed E-state index contributed by atoms with van der Waals surface area (Å²) in [7, 11) is 2.02. The molecule has 5 heteroatoms. The van der Waals surface area contributed by atoms with Crippen molar-refractivity contribution in [3.05, 3.63) is 24.3 Å². The molecule has 0 spiro atoms. The summed E-state index contributed by atoms with van der Waals surface area (Å²) in [6, 6.07) is 7.86. The number of ether oxygens (including phenoxy) is 1. The SMILES string of the molecule is CCN(C)c1ccccc1NC(=O)N1CC[C@@H](OCC(C)C)C1. The average molecular weight is 319 g/mol. The Kier molecular flexibility index (Phi) is 6.28. The summed E-state index contributed by atoms with van der Waals surface area (Å²) in [5, 5.41) is 3.04. The summed E-state index contributed by atoms with van der Waals surface area (Å²) >= 11 is 0. The number of rotatable bonds is 6. The predicted molar refractivity (Wildman–Crippen MR) is 95.2 cm³/mol. The van der Waals surface area contributed by atoms with Gasteiger partial charge in [0.05, 0.1) is 17.5 Å². The predicted octanol–water partition coefficient (Wildman–Crippen LogP) is 3.42. The topological polar surface area (TPSA) is 44.8 Å². The second-order valence-corrected chi connectivity index (χ2v) is 6.55. The van der Waals surface area contributed by atoms with Crippen LogP contribution in [0, 0.1) is 5.92 Å². The highest BCUT2D eigenvalue weighted by molar-refractivity contribution is 5.93. The highest BCUT2D eigenvalue weighted by Gasteiger charge is 2.27. The number of likely N-dealkylation sites (tertiary alicyclic amines) is 1. The third-order valence-corrected chi connectivity index (χ3v) is 4.13. The maximum Gasteiger partial charge on any atom is 0.321 e. The van der Waals surface area contributed by atoms with Crippen molar-refractivity contribution in [1.82, 2.24) is 4.90 Å². The molecule has 0 aromatic heterocycles. The summed E-state index contributed by atoms with van der Waals surface area (Å²) in [5.41, 5.74) is 1.89. The molecule has 128 valence electrons. The number of anilines is 2. The third-order valence-electron chi connectivity index (χ3n) is 4.13. The fraction of sp³-hybridized carbons (Fsp3) is 0.611. The van der Waals surface area contributed by atoms with E-state index in [1.807, 2.05) is 36.2 Å². The molecule has 2 rings (SSSR count). The van der Waals surface area contributed by atoms with Crippen molar-refractivity contribution in [3.8, 4) is 0 Å². The van der Waals surface area contributed by atoms with Crippen LogP contribution in [0.5, 0.6) is 0 Å². The van der Waals surface area contributed by atoms with E-state index in [-0.39, 0.29) is 12.1 Å². The molecule has 1 aliphatic rings. The molecule has 1 heterocycles. The third kappa shape index (κ3) is 4.86. The van der Waals surface area contributed by atoms with E-state index < -0.39 is 0 Å². The molecular formula is C18H29N3O2. The first-order chi connectivity index (χ1) is 11.0. The maximum atomic E-state index is 12.5. The first-order valence-corrected chi connectivity index (χ1v) is 8.49. The molecule has 1 fully saturated rings. The van der Waals surface area contributed by atoms with E-state index >= 15 is 0 Å². The van der Waals surface area contributed by atoms with Crippen molar-refractivity contribution >= 4 is 17.4 Å². The highest BCUT2D eigenvalue weighted by Crippen LogP contribution is 2.25. The quantitative estimate of drug-likeness (QED) is 0.874. The van der Waals surface area contributed by atoms with Crippen LogP contribution in [0.15, 0.2) is 24.3 Å². The van der Waals surface area contributed by atoms with Crippen molar-refractivity contribution in [2.75, 3.05) is 43.5 Å². The Labute approximate surface area is 139 Å². The minimum atomic E-state index is -0.0439. The molecule has 1 aromatic carbocycles. The van der Waals surface area contributed by atoms with Gasteiger partial charge in [-0.15, -0.1) is 0 Å². The van der Waals surface area contributed by atoms with Crippen LogP contribution >= 0.6 is 0 Å². The Hall–Kier alpha value is -1.75. The minimum absolute atomic E-state index is 0.0439. The highest BCUT2D eigenvalue weighted by atomic mass is 16.5. The first-order valence-electron chi connectivity index (χ1n) is 8.49. The Balaban J connectivity index is 1.93. The van der Waals surface area contributed by atoms with E-state index in [9.17, 15) is 4.79 Å². The number of nitrogens with one attached hydrogen (secondary N) is 1. The summed E-state index contributed by atoms with van der Waals surface area (Å²) in [6.45, 7) is 9.44.